The highest BCUT2D eigenvalue weighted by atomic mass is 16.3. The van der Waals surface area contributed by atoms with Crippen LogP contribution in [0.1, 0.15) is 12.8 Å². The first-order chi connectivity index (χ1) is 11.2. The van der Waals surface area contributed by atoms with Gasteiger partial charge in [-0.15, -0.1) is 0 Å². The molecular weight excluding hydrogens is 292 g/mol. The maximum atomic E-state index is 12.0. The third kappa shape index (κ3) is 2.42. The summed E-state index contributed by atoms with van der Waals surface area (Å²) in [7, 11) is 0. The van der Waals surface area contributed by atoms with Crippen LogP contribution in [0.5, 0.6) is 5.75 Å². The van der Waals surface area contributed by atoms with Gasteiger partial charge in [-0.3, -0.25) is 4.79 Å². The van der Waals surface area contributed by atoms with Crippen molar-refractivity contribution >= 4 is 16.7 Å². The van der Waals surface area contributed by atoms with Crippen LogP contribution in [-0.4, -0.2) is 33.1 Å². The SMILES string of the molecule is O=c1[nH]cnc2c(O)cc(-c3cccc(N4CCCC4)n3)cc12. The van der Waals surface area contributed by atoms with Gasteiger partial charge in [0.25, 0.3) is 5.56 Å². The first kappa shape index (κ1) is 13.8. The van der Waals surface area contributed by atoms with E-state index in [0.29, 0.717) is 16.5 Å². The van der Waals surface area contributed by atoms with E-state index in [1.54, 1.807) is 12.1 Å². The molecule has 1 saturated heterocycles. The molecule has 1 aliphatic rings. The molecule has 0 saturated carbocycles. The lowest BCUT2D eigenvalue weighted by Gasteiger charge is -2.17. The van der Waals surface area contributed by atoms with Gasteiger partial charge >= 0.3 is 0 Å². The van der Waals surface area contributed by atoms with E-state index in [9.17, 15) is 9.90 Å². The van der Waals surface area contributed by atoms with Crippen LogP contribution in [0.15, 0.2) is 41.5 Å². The highest BCUT2D eigenvalue weighted by molar-refractivity contribution is 5.88. The van der Waals surface area contributed by atoms with E-state index in [4.69, 9.17) is 0 Å². The van der Waals surface area contributed by atoms with Crippen molar-refractivity contribution in [2.45, 2.75) is 12.8 Å². The van der Waals surface area contributed by atoms with Gasteiger partial charge in [0.15, 0.2) is 0 Å². The highest BCUT2D eigenvalue weighted by Crippen LogP contribution is 2.29. The molecule has 0 bridgehead atoms. The van der Waals surface area contributed by atoms with Crippen molar-refractivity contribution < 1.29 is 5.11 Å². The van der Waals surface area contributed by atoms with Crippen molar-refractivity contribution in [3.63, 3.8) is 0 Å². The van der Waals surface area contributed by atoms with Crippen LogP contribution < -0.4 is 10.5 Å². The van der Waals surface area contributed by atoms with E-state index < -0.39 is 0 Å². The van der Waals surface area contributed by atoms with Crippen molar-refractivity contribution in [3.05, 3.63) is 47.0 Å². The number of aromatic hydroxyl groups is 1. The molecule has 1 aliphatic heterocycles. The fourth-order valence-electron chi connectivity index (χ4n) is 3.02. The van der Waals surface area contributed by atoms with Gasteiger partial charge in [0.1, 0.15) is 17.1 Å². The third-order valence-electron chi connectivity index (χ3n) is 4.18. The topological polar surface area (TPSA) is 82.1 Å². The zero-order chi connectivity index (χ0) is 15.8. The molecule has 0 aliphatic carbocycles. The number of aromatic amines is 1. The second kappa shape index (κ2) is 5.39. The van der Waals surface area contributed by atoms with Crippen molar-refractivity contribution in [1.82, 2.24) is 15.0 Å². The van der Waals surface area contributed by atoms with Gasteiger partial charge in [-0.05, 0) is 37.1 Å². The molecule has 1 fully saturated rings. The van der Waals surface area contributed by atoms with Crippen LogP contribution in [0.4, 0.5) is 5.82 Å². The summed E-state index contributed by atoms with van der Waals surface area (Å²) in [6.07, 6.45) is 3.66. The number of pyridine rings is 1. The summed E-state index contributed by atoms with van der Waals surface area (Å²) in [5.74, 6) is 0.914. The molecule has 2 N–H and O–H groups in total. The smallest absolute Gasteiger partial charge is 0.258 e. The van der Waals surface area contributed by atoms with Crippen molar-refractivity contribution in [3.8, 4) is 17.0 Å². The lowest BCUT2D eigenvalue weighted by Crippen LogP contribution is -2.18. The molecule has 3 heterocycles. The number of hydrogen-bond donors (Lipinski definition) is 2. The van der Waals surface area contributed by atoms with E-state index in [1.807, 2.05) is 18.2 Å². The molecule has 2 aromatic heterocycles. The van der Waals surface area contributed by atoms with Gasteiger partial charge in [0.05, 0.1) is 17.4 Å². The Morgan fingerprint density at radius 1 is 1.17 bits per heavy atom. The zero-order valence-corrected chi connectivity index (χ0v) is 12.5. The average Bonchev–Trinajstić information content (AvgIpc) is 3.10. The minimum atomic E-state index is -0.275. The number of rotatable bonds is 2. The number of benzene rings is 1. The summed E-state index contributed by atoms with van der Waals surface area (Å²) < 4.78 is 0. The van der Waals surface area contributed by atoms with E-state index in [-0.39, 0.29) is 11.3 Å². The predicted octanol–water partition coefficient (Wildman–Crippen LogP) is 2.29. The number of phenols is 1. The van der Waals surface area contributed by atoms with Crippen molar-refractivity contribution in [2.75, 3.05) is 18.0 Å². The van der Waals surface area contributed by atoms with Crippen molar-refractivity contribution in [1.29, 1.82) is 0 Å². The first-order valence-corrected chi connectivity index (χ1v) is 7.65. The minimum Gasteiger partial charge on any atom is -0.506 e. The second-order valence-corrected chi connectivity index (χ2v) is 5.70. The quantitative estimate of drug-likeness (QED) is 0.759. The fraction of sp³-hybridized carbons (Fsp3) is 0.235. The van der Waals surface area contributed by atoms with Gasteiger partial charge in [-0.25, -0.2) is 9.97 Å². The van der Waals surface area contributed by atoms with Crippen LogP contribution >= 0.6 is 0 Å². The minimum absolute atomic E-state index is 0.0167. The van der Waals surface area contributed by atoms with Gasteiger partial charge in [0, 0.05) is 18.7 Å². The predicted molar refractivity (Wildman–Crippen MR) is 88.7 cm³/mol. The Balaban J connectivity index is 1.84. The highest BCUT2D eigenvalue weighted by Gasteiger charge is 2.15. The van der Waals surface area contributed by atoms with Crippen LogP contribution in [0, 0.1) is 0 Å². The van der Waals surface area contributed by atoms with Crippen LogP contribution in [-0.2, 0) is 0 Å². The first-order valence-electron chi connectivity index (χ1n) is 7.65. The Morgan fingerprint density at radius 3 is 2.83 bits per heavy atom. The molecule has 1 aromatic carbocycles. The second-order valence-electron chi connectivity index (χ2n) is 5.70. The summed E-state index contributed by atoms with van der Waals surface area (Å²) >= 11 is 0. The summed E-state index contributed by atoms with van der Waals surface area (Å²) in [4.78, 5) is 25.4. The fourth-order valence-corrected chi connectivity index (χ4v) is 3.02. The van der Waals surface area contributed by atoms with Crippen molar-refractivity contribution in [2.24, 2.45) is 0 Å². The van der Waals surface area contributed by atoms with Crippen LogP contribution in [0.25, 0.3) is 22.2 Å². The van der Waals surface area contributed by atoms with E-state index in [0.717, 1.165) is 24.6 Å². The molecule has 6 heteroatoms. The van der Waals surface area contributed by atoms with E-state index in [1.165, 1.54) is 19.2 Å². The van der Waals surface area contributed by atoms with Gasteiger partial charge in [-0.1, -0.05) is 6.07 Å². The van der Waals surface area contributed by atoms with Crippen LogP contribution in [0.2, 0.25) is 0 Å². The van der Waals surface area contributed by atoms with Crippen LogP contribution in [0.3, 0.4) is 0 Å². The number of aromatic nitrogens is 3. The number of hydrogen-bond acceptors (Lipinski definition) is 5. The molecule has 23 heavy (non-hydrogen) atoms. The average molecular weight is 308 g/mol. The number of nitrogens with one attached hydrogen (secondary N) is 1. The Morgan fingerprint density at radius 2 is 2.00 bits per heavy atom. The lowest BCUT2D eigenvalue weighted by atomic mass is 10.1. The molecule has 0 unspecified atom stereocenters. The van der Waals surface area contributed by atoms with Gasteiger partial charge < -0.3 is 15.0 Å². The number of phenolic OH excluding ortho intramolecular Hbond substituents is 1. The Hall–Kier alpha value is -2.89. The summed E-state index contributed by atoms with van der Waals surface area (Å²) in [6.45, 7) is 2.03. The molecule has 0 atom stereocenters. The summed E-state index contributed by atoms with van der Waals surface area (Å²) in [5, 5.41) is 10.5. The number of nitrogens with zero attached hydrogens (tertiary/aromatic N) is 3. The summed E-state index contributed by atoms with van der Waals surface area (Å²) in [6, 6.07) is 9.14. The Labute approximate surface area is 132 Å². The molecule has 3 aromatic rings. The molecule has 0 spiro atoms. The molecule has 0 radical (unpaired) electrons. The maximum Gasteiger partial charge on any atom is 0.258 e. The van der Waals surface area contributed by atoms with Gasteiger partial charge in [0.2, 0.25) is 0 Å². The van der Waals surface area contributed by atoms with E-state index >= 15 is 0 Å². The number of H-pyrrole nitrogens is 1. The Kier molecular flexibility index (Phi) is 3.22. The number of anilines is 1. The summed E-state index contributed by atoms with van der Waals surface area (Å²) in [5.41, 5.74) is 1.46. The molecule has 116 valence electrons. The standard InChI is InChI=1S/C17H16N4O2/c22-14-9-11(8-12-16(14)18-10-19-17(12)23)13-4-3-5-15(20-13)21-6-1-2-7-21/h3-5,8-10,22H,1-2,6-7H2,(H,18,19,23). The molecular formula is C17H16N4O2. The third-order valence-corrected chi connectivity index (χ3v) is 4.18. The molecule has 0 amide bonds. The normalized spacial score (nSPS) is 14.5. The monoisotopic (exact) mass is 308 g/mol. The largest absolute Gasteiger partial charge is 0.506 e. The molecule has 4 rings (SSSR count). The number of fused-ring (bicyclic) bond motifs is 1. The maximum absolute atomic E-state index is 12.0. The van der Waals surface area contributed by atoms with E-state index in [2.05, 4.69) is 19.9 Å². The molecule has 6 nitrogen and oxygen atoms in total. The zero-order valence-electron chi connectivity index (χ0n) is 12.5. The van der Waals surface area contributed by atoms with Gasteiger partial charge in [-0.2, -0.15) is 0 Å². The lowest BCUT2D eigenvalue weighted by molar-refractivity contribution is 0.480. The Bertz CT molecular complexity index is 929.